The molecule has 3 heterocycles. The number of nitrogens with zero attached hydrogens (tertiary/aromatic N) is 4. The highest BCUT2D eigenvalue weighted by Crippen LogP contribution is 2.33. The molecular formula is C34H38N4O3. The molecule has 0 bridgehead atoms. The van der Waals surface area contributed by atoms with E-state index in [0.29, 0.717) is 11.0 Å². The Labute approximate surface area is 241 Å². The Hall–Kier alpha value is -4.23. The van der Waals surface area contributed by atoms with E-state index in [2.05, 4.69) is 36.0 Å². The van der Waals surface area contributed by atoms with Gasteiger partial charge < -0.3 is 9.84 Å². The van der Waals surface area contributed by atoms with Gasteiger partial charge in [0.05, 0.1) is 11.8 Å². The van der Waals surface area contributed by atoms with Crippen LogP contribution < -0.4 is 4.74 Å². The van der Waals surface area contributed by atoms with Gasteiger partial charge >= 0.3 is 5.97 Å². The lowest BCUT2D eigenvalue weighted by molar-refractivity contribution is 0.0520. The van der Waals surface area contributed by atoms with Crippen LogP contribution in [0.1, 0.15) is 57.3 Å². The minimum Gasteiger partial charge on any atom is -0.487 e. The lowest BCUT2D eigenvalue weighted by Crippen LogP contribution is -2.44. The van der Waals surface area contributed by atoms with E-state index in [9.17, 15) is 9.90 Å². The summed E-state index contributed by atoms with van der Waals surface area (Å²) in [5.74, 6) is -0.0878. The topological polar surface area (TPSA) is 80.0 Å². The minimum atomic E-state index is -0.942. The number of carbonyl (C=O) groups is 1. The molecule has 0 spiro atoms. The van der Waals surface area contributed by atoms with Crippen molar-refractivity contribution in [3.8, 4) is 28.0 Å². The first kappa shape index (κ1) is 28.3. The summed E-state index contributed by atoms with van der Waals surface area (Å²) in [4.78, 5) is 19.0. The van der Waals surface area contributed by atoms with Crippen molar-refractivity contribution in [1.29, 1.82) is 0 Å². The minimum absolute atomic E-state index is 0.266. The second kappa shape index (κ2) is 12.1. The standard InChI is InChI=1S/C32H32N4O3.C2H6/c1-32(2,21-35-16-4-3-5-17-35)39-24-14-12-22(13-15-24)23-18-33-30-29(19-34-36(30)20-23)27-10-6-9-26-25(27)8-7-11-28(26)31(37)38;1-2/h6-15,18-20H,3-5,16-17,21H2,1-2H3,(H,37,38);1-2H3. The van der Waals surface area contributed by atoms with E-state index in [1.54, 1.807) is 22.8 Å². The van der Waals surface area contributed by atoms with Gasteiger partial charge in [0, 0.05) is 30.1 Å². The number of hydrogen-bond acceptors (Lipinski definition) is 5. The Balaban J connectivity index is 0.00000165. The SMILES string of the molecule is CC.CC(C)(CN1CCCCC1)Oc1ccc(-c2cnc3c(-c4cccc5c(C(=O)O)cccc45)cnn3c2)cc1. The molecule has 3 aromatic carbocycles. The number of ether oxygens (including phenoxy) is 1. The van der Waals surface area contributed by atoms with Crippen LogP contribution in [0.25, 0.3) is 38.7 Å². The number of carboxylic acids is 1. The molecule has 7 nitrogen and oxygen atoms in total. The molecule has 41 heavy (non-hydrogen) atoms. The summed E-state index contributed by atoms with van der Waals surface area (Å²) in [5, 5.41) is 15.7. The molecule has 1 aliphatic heterocycles. The molecule has 5 aromatic rings. The second-order valence-corrected chi connectivity index (χ2v) is 10.9. The molecule has 7 heteroatoms. The van der Waals surface area contributed by atoms with Gasteiger partial charge in [-0.15, -0.1) is 0 Å². The third kappa shape index (κ3) is 6.10. The molecule has 212 valence electrons. The molecule has 1 N–H and O–H groups in total. The molecule has 0 unspecified atom stereocenters. The van der Waals surface area contributed by atoms with Gasteiger partial charge in [0.1, 0.15) is 11.4 Å². The number of carboxylic acid groups (broad SMARTS) is 1. The highest BCUT2D eigenvalue weighted by atomic mass is 16.5. The fourth-order valence-corrected chi connectivity index (χ4v) is 5.67. The third-order valence-corrected chi connectivity index (χ3v) is 7.43. The van der Waals surface area contributed by atoms with E-state index in [1.165, 1.54) is 19.3 Å². The van der Waals surface area contributed by atoms with Crippen LogP contribution in [-0.2, 0) is 0 Å². The molecule has 0 radical (unpaired) electrons. The van der Waals surface area contributed by atoms with Crippen molar-refractivity contribution in [3.05, 3.63) is 84.8 Å². The molecule has 6 rings (SSSR count). The van der Waals surface area contributed by atoms with Gasteiger partial charge in [0.25, 0.3) is 0 Å². The summed E-state index contributed by atoms with van der Waals surface area (Å²) in [7, 11) is 0. The van der Waals surface area contributed by atoms with Gasteiger partial charge in [-0.1, -0.05) is 62.7 Å². The van der Waals surface area contributed by atoms with Crippen LogP contribution in [0.2, 0.25) is 0 Å². The lowest BCUT2D eigenvalue weighted by Gasteiger charge is -2.35. The Morgan fingerprint density at radius 3 is 2.32 bits per heavy atom. The van der Waals surface area contributed by atoms with Crippen molar-refractivity contribution in [2.75, 3.05) is 19.6 Å². The number of likely N-dealkylation sites (tertiary alicyclic amines) is 1. The van der Waals surface area contributed by atoms with Crippen molar-refractivity contribution in [2.24, 2.45) is 0 Å². The fraction of sp³-hybridized carbons (Fsp3) is 0.324. The van der Waals surface area contributed by atoms with Gasteiger partial charge in [0.2, 0.25) is 0 Å². The summed E-state index contributed by atoms with van der Waals surface area (Å²) in [5.41, 5.74) is 4.46. The van der Waals surface area contributed by atoms with Gasteiger partial charge in [-0.25, -0.2) is 14.3 Å². The van der Waals surface area contributed by atoms with Crippen LogP contribution in [0.3, 0.4) is 0 Å². The summed E-state index contributed by atoms with van der Waals surface area (Å²) in [6.45, 7) is 11.5. The van der Waals surface area contributed by atoms with Crippen molar-refractivity contribution >= 4 is 22.4 Å². The number of aromatic nitrogens is 3. The van der Waals surface area contributed by atoms with Crippen LogP contribution in [0.4, 0.5) is 0 Å². The Morgan fingerprint density at radius 2 is 1.59 bits per heavy atom. The zero-order valence-electron chi connectivity index (χ0n) is 24.3. The van der Waals surface area contributed by atoms with Gasteiger partial charge in [-0.2, -0.15) is 5.10 Å². The zero-order valence-corrected chi connectivity index (χ0v) is 24.3. The highest BCUT2D eigenvalue weighted by Gasteiger charge is 2.25. The van der Waals surface area contributed by atoms with E-state index in [4.69, 9.17) is 9.72 Å². The molecule has 2 aromatic heterocycles. The summed E-state index contributed by atoms with van der Waals surface area (Å²) in [6, 6.07) is 19.2. The molecule has 1 fully saturated rings. The average molecular weight is 551 g/mol. The fourth-order valence-electron chi connectivity index (χ4n) is 5.67. The summed E-state index contributed by atoms with van der Waals surface area (Å²) in [6.07, 6.45) is 9.48. The van der Waals surface area contributed by atoms with Crippen molar-refractivity contribution in [1.82, 2.24) is 19.5 Å². The van der Waals surface area contributed by atoms with E-state index >= 15 is 0 Å². The van der Waals surface area contributed by atoms with Crippen LogP contribution in [0, 0.1) is 0 Å². The molecule has 0 saturated carbocycles. The van der Waals surface area contributed by atoms with Crippen molar-refractivity contribution in [2.45, 2.75) is 52.6 Å². The predicted molar refractivity (Wildman–Crippen MR) is 165 cm³/mol. The zero-order chi connectivity index (χ0) is 29.0. The van der Waals surface area contributed by atoms with Gasteiger partial charge in [0.15, 0.2) is 5.65 Å². The number of aromatic carboxylic acids is 1. The molecule has 1 saturated heterocycles. The van der Waals surface area contributed by atoms with Gasteiger partial charge in [-0.3, -0.25) is 4.90 Å². The smallest absolute Gasteiger partial charge is 0.336 e. The van der Waals surface area contributed by atoms with Crippen LogP contribution >= 0.6 is 0 Å². The first-order valence-corrected chi connectivity index (χ1v) is 14.5. The molecule has 0 amide bonds. The highest BCUT2D eigenvalue weighted by molar-refractivity contribution is 6.09. The Bertz CT molecular complexity index is 1650. The van der Waals surface area contributed by atoms with E-state index < -0.39 is 5.97 Å². The number of benzene rings is 3. The third-order valence-electron chi connectivity index (χ3n) is 7.43. The van der Waals surface area contributed by atoms with E-state index in [1.807, 2.05) is 62.6 Å². The van der Waals surface area contributed by atoms with Crippen LogP contribution in [0.15, 0.2) is 79.3 Å². The normalized spacial score (nSPS) is 14.0. The summed E-state index contributed by atoms with van der Waals surface area (Å²) < 4.78 is 8.14. The largest absolute Gasteiger partial charge is 0.487 e. The van der Waals surface area contributed by atoms with E-state index in [-0.39, 0.29) is 11.2 Å². The average Bonchev–Trinajstić information content (AvgIpc) is 3.41. The number of piperidine rings is 1. The predicted octanol–water partition coefficient (Wildman–Crippen LogP) is 7.58. The Kier molecular flexibility index (Phi) is 8.36. The molecule has 1 aliphatic rings. The quantitative estimate of drug-likeness (QED) is 0.225. The van der Waals surface area contributed by atoms with Crippen LogP contribution in [0.5, 0.6) is 5.75 Å². The summed E-state index contributed by atoms with van der Waals surface area (Å²) >= 11 is 0. The number of rotatable bonds is 7. The number of fused-ring (bicyclic) bond motifs is 2. The maximum atomic E-state index is 11.7. The first-order valence-electron chi connectivity index (χ1n) is 14.5. The molecule has 0 atom stereocenters. The second-order valence-electron chi connectivity index (χ2n) is 10.9. The molecule has 0 aliphatic carbocycles. The van der Waals surface area contributed by atoms with E-state index in [0.717, 1.165) is 53.0 Å². The number of hydrogen-bond donors (Lipinski definition) is 1. The first-order chi connectivity index (χ1) is 19.9. The molecular weight excluding hydrogens is 512 g/mol. The maximum absolute atomic E-state index is 11.7. The van der Waals surface area contributed by atoms with Crippen molar-refractivity contribution in [3.63, 3.8) is 0 Å². The lowest BCUT2D eigenvalue weighted by atomic mass is 9.97. The van der Waals surface area contributed by atoms with Crippen LogP contribution in [-0.4, -0.2) is 55.8 Å². The van der Waals surface area contributed by atoms with Gasteiger partial charge in [-0.05, 0) is 79.9 Å². The van der Waals surface area contributed by atoms with Crippen molar-refractivity contribution < 1.29 is 14.6 Å². The maximum Gasteiger partial charge on any atom is 0.336 e. The monoisotopic (exact) mass is 550 g/mol. The Morgan fingerprint density at radius 1 is 0.878 bits per heavy atom.